The Morgan fingerprint density at radius 3 is 2.32 bits per heavy atom. The smallest absolute Gasteiger partial charge is 0.302 e. The minimum Gasteiger partial charge on any atom is -0.302 e. The first kappa shape index (κ1) is 20.9. The third-order valence-electron chi connectivity index (χ3n) is 5.84. The van der Waals surface area contributed by atoms with Crippen molar-refractivity contribution in [1.29, 1.82) is 0 Å². The van der Waals surface area contributed by atoms with Gasteiger partial charge in [-0.15, -0.1) is 0 Å². The summed E-state index contributed by atoms with van der Waals surface area (Å²) in [4.78, 5) is 41.7. The zero-order valence-electron chi connectivity index (χ0n) is 17.1. The summed E-state index contributed by atoms with van der Waals surface area (Å²) in [6.07, 6.45) is 3.07. The number of likely N-dealkylation sites (tertiary alicyclic amines) is 1. The van der Waals surface area contributed by atoms with E-state index in [0.717, 1.165) is 31.5 Å². The lowest BCUT2D eigenvalue weighted by molar-refractivity contribution is 0.0837. The monoisotopic (exact) mass is 421 g/mol. The van der Waals surface area contributed by atoms with Crippen molar-refractivity contribution < 1.29 is 9.18 Å². The number of piperidine rings is 1. The first-order valence-electron chi connectivity index (χ1n) is 10.4. The van der Waals surface area contributed by atoms with Gasteiger partial charge in [-0.2, -0.15) is 0 Å². The van der Waals surface area contributed by atoms with E-state index in [1.165, 1.54) is 28.8 Å². The molecule has 4 rings (SSSR count). The average Bonchev–Trinajstić information content (AvgIpc) is 2.79. The Morgan fingerprint density at radius 2 is 1.65 bits per heavy atom. The molecule has 0 radical (unpaired) electrons. The second kappa shape index (κ2) is 9.22. The van der Waals surface area contributed by atoms with Crippen LogP contribution in [0.15, 0.2) is 70.4 Å². The van der Waals surface area contributed by atoms with Crippen molar-refractivity contribution in [2.24, 2.45) is 5.92 Å². The maximum atomic E-state index is 13.1. The maximum Gasteiger partial charge on any atom is 0.328 e. The van der Waals surface area contributed by atoms with Gasteiger partial charge >= 0.3 is 5.69 Å². The molecule has 0 amide bonds. The largest absolute Gasteiger partial charge is 0.328 e. The molecule has 2 heterocycles. The fourth-order valence-electron chi connectivity index (χ4n) is 4.02. The van der Waals surface area contributed by atoms with Crippen LogP contribution < -0.4 is 11.2 Å². The quantitative estimate of drug-likeness (QED) is 0.621. The third kappa shape index (κ3) is 4.88. The normalized spacial score (nSPS) is 15.1. The molecule has 0 bridgehead atoms. The van der Waals surface area contributed by atoms with Crippen molar-refractivity contribution >= 4 is 5.78 Å². The molecular weight excluding hydrogens is 397 g/mol. The fraction of sp³-hybridized carbons (Fsp3) is 0.292. The van der Waals surface area contributed by atoms with Crippen LogP contribution in [-0.2, 0) is 6.54 Å². The number of benzene rings is 2. The van der Waals surface area contributed by atoms with E-state index in [1.54, 1.807) is 6.20 Å². The van der Waals surface area contributed by atoms with Gasteiger partial charge < -0.3 is 4.90 Å². The van der Waals surface area contributed by atoms with E-state index in [4.69, 9.17) is 0 Å². The Kier molecular flexibility index (Phi) is 6.23. The first-order valence-corrected chi connectivity index (χ1v) is 10.4. The molecule has 3 aromatic rings. The fourth-order valence-corrected chi connectivity index (χ4v) is 4.02. The number of nitrogens with zero attached hydrogens (tertiary/aromatic N) is 2. The van der Waals surface area contributed by atoms with Crippen LogP contribution in [0.2, 0.25) is 0 Å². The molecule has 1 saturated heterocycles. The lowest BCUT2D eigenvalue weighted by Crippen LogP contribution is -2.40. The highest BCUT2D eigenvalue weighted by Gasteiger charge is 2.25. The zero-order valence-corrected chi connectivity index (χ0v) is 17.1. The van der Waals surface area contributed by atoms with E-state index in [0.29, 0.717) is 24.2 Å². The topological polar surface area (TPSA) is 75.2 Å². The molecule has 0 unspecified atom stereocenters. The summed E-state index contributed by atoms with van der Waals surface area (Å²) in [5.74, 6) is -0.356. The molecule has 31 heavy (non-hydrogen) atoms. The molecule has 0 aliphatic carbocycles. The highest BCUT2D eigenvalue weighted by Crippen LogP contribution is 2.22. The minimum absolute atomic E-state index is 0.0593. The second-order valence-electron chi connectivity index (χ2n) is 7.85. The predicted molar refractivity (Wildman–Crippen MR) is 117 cm³/mol. The zero-order chi connectivity index (χ0) is 21.8. The third-order valence-corrected chi connectivity index (χ3v) is 5.84. The number of halogens is 1. The van der Waals surface area contributed by atoms with Gasteiger partial charge in [0.1, 0.15) is 5.82 Å². The van der Waals surface area contributed by atoms with E-state index in [1.807, 2.05) is 30.3 Å². The Hall–Kier alpha value is -3.32. The molecule has 0 atom stereocenters. The molecular formula is C24H24FN3O3. The molecule has 6 nitrogen and oxygen atoms in total. The van der Waals surface area contributed by atoms with Crippen LogP contribution in [0.4, 0.5) is 4.39 Å². The van der Waals surface area contributed by atoms with Crippen molar-refractivity contribution in [2.75, 3.05) is 19.6 Å². The molecule has 1 aromatic heterocycles. The van der Waals surface area contributed by atoms with E-state index in [2.05, 4.69) is 9.88 Å². The van der Waals surface area contributed by atoms with Gasteiger partial charge in [-0.1, -0.05) is 30.3 Å². The number of nitrogens with one attached hydrogen (secondary N) is 1. The van der Waals surface area contributed by atoms with Crippen molar-refractivity contribution in [3.05, 3.63) is 93.0 Å². The predicted octanol–water partition coefficient (Wildman–Crippen LogP) is 2.94. The lowest BCUT2D eigenvalue weighted by atomic mass is 9.89. The summed E-state index contributed by atoms with van der Waals surface area (Å²) in [7, 11) is 0. The molecule has 160 valence electrons. The second-order valence-corrected chi connectivity index (χ2v) is 7.85. The van der Waals surface area contributed by atoms with Gasteiger partial charge in [0.15, 0.2) is 5.78 Å². The van der Waals surface area contributed by atoms with Gasteiger partial charge in [-0.25, -0.2) is 9.18 Å². The maximum absolute atomic E-state index is 13.1. The minimum atomic E-state index is -0.425. The van der Waals surface area contributed by atoms with Crippen molar-refractivity contribution in [2.45, 2.75) is 19.4 Å². The van der Waals surface area contributed by atoms with Gasteiger partial charge in [-0.3, -0.25) is 19.1 Å². The van der Waals surface area contributed by atoms with Crippen LogP contribution in [0.1, 0.15) is 23.2 Å². The molecule has 7 heteroatoms. The molecule has 1 aliphatic heterocycles. The lowest BCUT2D eigenvalue weighted by Gasteiger charge is -2.31. The Bertz CT molecular complexity index is 1160. The number of H-pyrrole nitrogens is 1. The van der Waals surface area contributed by atoms with Crippen LogP contribution in [-0.4, -0.2) is 39.9 Å². The van der Waals surface area contributed by atoms with Gasteiger partial charge in [0.05, 0.1) is 5.56 Å². The number of carbonyl (C=O) groups is 1. The summed E-state index contributed by atoms with van der Waals surface area (Å²) < 4.78 is 14.6. The molecule has 1 N–H and O–H groups in total. The van der Waals surface area contributed by atoms with E-state index in [-0.39, 0.29) is 17.5 Å². The number of carbonyl (C=O) groups excluding carboxylic acids is 1. The van der Waals surface area contributed by atoms with Crippen molar-refractivity contribution in [1.82, 2.24) is 14.5 Å². The van der Waals surface area contributed by atoms with Gasteiger partial charge in [0.2, 0.25) is 0 Å². The summed E-state index contributed by atoms with van der Waals surface area (Å²) in [6, 6.07) is 14.9. The van der Waals surface area contributed by atoms with Crippen molar-refractivity contribution in [3.63, 3.8) is 0 Å². The summed E-state index contributed by atoms with van der Waals surface area (Å²) in [5, 5.41) is 0. The average molecular weight is 421 g/mol. The van der Waals surface area contributed by atoms with Gasteiger partial charge in [-0.05, 0) is 55.8 Å². The highest BCUT2D eigenvalue weighted by molar-refractivity contribution is 5.97. The number of hydrogen-bond donors (Lipinski definition) is 1. The number of Topliss-reactive ketones (excluding diaryl/α,β-unsaturated/α-hetero) is 1. The van der Waals surface area contributed by atoms with Gasteiger partial charge in [0, 0.05) is 30.8 Å². The summed E-state index contributed by atoms with van der Waals surface area (Å²) in [6.45, 7) is 2.60. The van der Waals surface area contributed by atoms with Crippen LogP contribution in [0.3, 0.4) is 0 Å². The number of ketones is 1. The first-order chi connectivity index (χ1) is 15.0. The number of hydrogen-bond acceptors (Lipinski definition) is 4. The molecule has 0 saturated carbocycles. The van der Waals surface area contributed by atoms with E-state index < -0.39 is 11.2 Å². The Labute approximate surface area is 179 Å². The summed E-state index contributed by atoms with van der Waals surface area (Å²) in [5.41, 5.74) is 0.952. The molecule has 0 spiro atoms. The SMILES string of the molecule is O=C(c1ccc(F)cc1)C1CCN(CCn2cc(-c3ccccc3)c(=O)[nH]c2=O)CC1. The van der Waals surface area contributed by atoms with Crippen LogP contribution in [0, 0.1) is 11.7 Å². The van der Waals surface area contributed by atoms with E-state index in [9.17, 15) is 18.8 Å². The number of rotatable bonds is 6. The number of aromatic nitrogens is 2. The van der Waals surface area contributed by atoms with Crippen LogP contribution >= 0.6 is 0 Å². The Morgan fingerprint density at radius 1 is 0.968 bits per heavy atom. The molecule has 1 fully saturated rings. The Balaban J connectivity index is 1.37. The molecule has 1 aliphatic rings. The molecule has 2 aromatic carbocycles. The standard InChI is InChI=1S/C24H24FN3O3/c25-20-8-6-18(7-9-20)22(29)19-10-12-27(13-11-19)14-15-28-16-21(23(30)26-24(28)31)17-4-2-1-3-5-17/h1-9,16,19H,10-15H2,(H,26,30,31). The van der Waals surface area contributed by atoms with E-state index >= 15 is 0 Å². The van der Waals surface area contributed by atoms with Crippen LogP contribution in [0.25, 0.3) is 11.1 Å². The van der Waals surface area contributed by atoms with Crippen LogP contribution in [0.5, 0.6) is 0 Å². The van der Waals surface area contributed by atoms with Crippen molar-refractivity contribution in [3.8, 4) is 11.1 Å². The number of aromatic amines is 1. The summed E-state index contributed by atoms with van der Waals surface area (Å²) >= 11 is 0. The highest BCUT2D eigenvalue weighted by atomic mass is 19.1. The van der Waals surface area contributed by atoms with Gasteiger partial charge in [0.25, 0.3) is 5.56 Å².